The maximum atomic E-state index is 12.9. The highest BCUT2D eigenvalue weighted by Crippen LogP contribution is 2.35. The van der Waals surface area contributed by atoms with Gasteiger partial charge in [0.1, 0.15) is 0 Å². The Morgan fingerprint density at radius 2 is 1.00 bits per heavy atom. The lowest BCUT2D eigenvalue weighted by atomic mass is 9.97. The predicted octanol–water partition coefficient (Wildman–Crippen LogP) is 8.12. The van der Waals surface area contributed by atoms with Gasteiger partial charge in [-0.3, -0.25) is 14.8 Å². The first-order valence-electron chi connectivity index (χ1n) is 11.7. The second-order valence-electron chi connectivity index (χ2n) is 8.88. The smallest absolute Gasteiger partial charge is 0.416 e. The number of pyridine rings is 2. The molecule has 0 aliphatic heterocycles. The Bertz CT molecular complexity index is 1390. The van der Waals surface area contributed by atoms with Crippen molar-refractivity contribution in [3.8, 4) is 22.5 Å². The molecule has 4 nitrogen and oxygen atoms in total. The van der Waals surface area contributed by atoms with Gasteiger partial charge in [0.15, 0.2) is 6.10 Å². The molecule has 2 aromatic carbocycles. The molecule has 0 spiro atoms. The van der Waals surface area contributed by atoms with Crippen LogP contribution in [0.4, 0.5) is 26.3 Å². The normalized spacial score (nSPS) is 12.1. The summed E-state index contributed by atoms with van der Waals surface area (Å²) in [5.41, 5.74) is 2.41. The molecule has 0 amide bonds. The molecule has 0 saturated carbocycles. The van der Waals surface area contributed by atoms with Gasteiger partial charge in [0.25, 0.3) is 0 Å². The molecule has 0 unspecified atom stereocenters. The molecule has 4 aromatic rings. The molecule has 0 radical (unpaired) electrons. The standard InChI is InChI=1S/C29H22F6N2O2/c1-16-23(12-14-25(36-16)19-4-8-21(9-5-19)28(30,31)32)27(39-18(3)38)24-13-15-26(37-17(24)2)20-6-10-22(11-7-20)29(33,34)35/h4-15,27H,1-3H3. The van der Waals surface area contributed by atoms with Gasteiger partial charge in [-0.2, -0.15) is 26.3 Å². The maximum Gasteiger partial charge on any atom is 0.416 e. The van der Waals surface area contributed by atoms with Gasteiger partial charge in [0, 0.05) is 40.6 Å². The van der Waals surface area contributed by atoms with Gasteiger partial charge in [0.05, 0.1) is 22.5 Å². The fourth-order valence-corrected chi connectivity index (χ4v) is 4.14. The van der Waals surface area contributed by atoms with Crippen molar-refractivity contribution in [3.05, 3.63) is 106 Å². The number of carbonyl (C=O) groups excluding carboxylic acids is 1. The third-order valence-electron chi connectivity index (χ3n) is 6.12. The number of benzene rings is 2. The molecular weight excluding hydrogens is 522 g/mol. The number of aryl methyl sites for hydroxylation is 2. The lowest BCUT2D eigenvalue weighted by Crippen LogP contribution is -2.14. The predicted molar refractivity (Wildman–Crippen MR) is 132 cm³/mol. The molecule has 0 saturated heterocycles. The average Bonchev–Trinajstić information content (AvgIpc) is 2.86. The largest absolute Gasteiger partial charge is 0.453 e. The van der Waals surface area contributed by atoms with E-state index in [-0.39, 0.29) is 0 Å². The average molecular weight is 544 g/mol. The molecule has 0 aliphatic rings. The van der Waals surface area contributed by atoms with Crippen molar-refractivity contribution in [2.75, 3.05) is 0 Å². The number of hydrogen-bond acceptors (Lipinski definition) is 4. The molecule has 0 fully saturated rings. The first-order chi connectivity index (χ1) is 18.2. The minimum absolute atomic E-state index is 0.444. The lowest BCUT2D eigenvalue weighted by Gasteiger charge is -2.22. The van der Waals surface area contributed by atoms with E-state index in [0.717, 1.165) is 24.3 Å². The van der Waals surface area contributed by atoms with Gasteiger partial charge < -0.3 is 4.74 Å². The molecule has 0 bridgehead atoms. The summed E-state index contributed by atoms with van der Waals surface area (Å²) < 4.78 is 83.0. The summed E-state index contributed by atoms with van der Waals surface area (Å²) in [6.07, 6.45) is -9.78. The SMILES string of the molecule is CC(=O)OC(c1ccc(-c2ccc(C(F)(F)F)cc2)nc1C)c1ccc(-c2ccc(C(F)(F)F)cc2)nc1C. The van der Waals surface area contributed by atoms with Crippen molar-refractivity contribution in [1.29, 1.82) is 0 Å². The van der Waals surface area contributed by atoms with Gasteiger partial charge in [-0.25, -0.2) is 0 Å². The third kappa shape index (κ3) is 6.27. The molecule has 10 heteroatoms. The first kappa shape index (κ1) is 27.8. The topological polar surface area (TPSA) is 52.1 Å². The number of hydrogen-bond donors (Lipinski definition) is 0. The zero-order valence-electron chi connectivity index (χ0n) is 21.0. The van der Waals surface area contributed by atoms with E-state index in [1.807, 2.05) is 0 Å². The van der Waals surface area contributed by atoms with Crippen molar-refractivity contribution < 1.29 is 35.9 Å². The van der Waals surface area contributed by atoms with E-state index in [2.05, 4.69) is 9.97 Å². The Labute approximate surface area is 220 Å². The second-order valence-corrected chi connectivity index (χ2v) is 8.88. The quantitative estimate of drug-likeness (QED) is 0.188. The van der Waals surface area contributed by atoms with Crippen LogP contribution >= 0.6 is 0 Å². The van der Waals surface area contributed by atoms with Gasteiger partial charge in [-0.15, -0.1) is 0 Å². The highest BCUT2D eigenvalue weighted by molar-refractivity contribution is 5.68. The van der Waals surface area contributed by atoms with Crippen molar-refractivity contribution >= 4 is 5.97 Å². The summed E-state index contributed by atoms with van der Waals surface area (Å²) in [5.74, 6) is -0.558. The van der Waals surface area contributed by atoms with Crippen molar-refractivity contribution in [2.45, 2.75) is 39.2 Å². The molecule has 2 heterocycles. The number of alkyl halides is 6. The number of halogens is 6. The van der Waals surface area contributed by atoms with E-state index in [0.29, 0.717) is 45.0 Å². The Kier molecular flexibility index (Phi) is 7.50. The Morgan fingerprint density at radius 3 is 1.28 bits per heavy atom. The van der Waals surface area contributed by atoms with Gasteiger partial charge in [-0.05, 0) is 50.2 Å². The third-order valence-corrected chi connectivity index (χ3v) is 6.12. The van der Waals surface area contributed by atoms with Crippen molar-refractivity contribution in [3.63, 3.8) is 0 Å². The molecule has 0 N–H and O–H groups in total. The minimum atomic E-state index is -4.45. The van der Waals surface area contributed by atoms with Crippen LogP contribution < -0.4 is 0 Å². The summed E-state index contributed by atoms with van der Waals surface area (Å²) in [6, 6.07) is 15.9. The van der Waals surface area contributed by atoms with Crippen LogP contribution in [-0.2, 0) is 21.9 Å². The molecule has 0 atom stereocenters. The monoisotopic (exact) mass is 544 g/mol. The number of esters is 1. The zero-order chi connectivity index (χ0) is 28.5. The Morgan fingerprint density at radius 1 is 0.641 bits per heavy atom. The number of aromatic nitrogens is 2. The van der Waals surface area contributed by atoms with Crippen LogP contribution in [0.25, 0.3) is 22.5 Å². The summed E-state index contributed by atoms with van der Waals surface area (Å²) >= 11 is 0. The molecular formula is C29H22F6N2O2. The van der Waals surface area contributed by atoms with Gasteiger partial charge in [0.2, 0.25) is 0 Å². The van der Waals surface area contributed by atoms with Crippen LogP contribution in [0.5, 0.6) is 0 Å². The summed E-state index contributed by atoms with van der Waals surface area (Å²) in [5, 5.41) is 0. The van der Waals surface area contributed by atoms with E-state index < -0.39 is 35.6 Å². The summed E-state index contributed by atoms with van der Waals surface area (Å²) in [6.45, 7) is 4.64. The van der Waals surface area contributed by atoms with Crippen LogP contribution in [0.2, 0.25) is 0 Å². The zero-order valence-corrected chi connectivity index (χ0v) is 21.0. The van der Waals surface area contributed by atoms with Crippen LogP contribution in [0.3, 0.4) is 0 Å². The van der Waals surface area contributed by atoms with E-state index in [9.17, 15) is 31.1 Å². The van der Waals surface area contributed by atoms with E-state index in [1.165, 1.54) is 31.2 Å². The second kappa shape index (κ2) is 10.5. The summed E-state index contributed by atoms with van der Waals surface area (Å²) in [4.78, 5) is 21.0. The summed E-state index contributed by atoms with van der Waals surface area (Å²) in [7, 11) is 0. The van der Waals surface area contributed by atoms with Gasteiger partial charge >= 0.3 is 18.3 Å². The highest BCUT2D eigenvalue weighted by Gasteiger charge is 2.31. The van der Waals surface area contributed by atoms with Crippen LogP contribution in [-0.4, -0.2) is 15.9 Å². The van der Waals surface area contributed by atoms with Gasteiger partial charge in [-0.1, -0.05) is 36.4 Å². The maximum absolute atomic E-state index is 12.9. The minimum Gasteiger partial charge on any atom is -0.453 e. The number of rotatable bonds is 5. The number of nitrogens with zero attached hydrogens (tertiary/aromatic N) is 2. The fraction of sp³-hybridized carbons (Fsp3) is 0.207. The van der Waals surface area contributed by atoms with E-state index in [4.69, 9.17) is 4.74 Å². The van der Waals surface area contributed by atoms with Crippen molar-refractivity contribution in [2.24, 2.45) is 0 Å². The first-order valence-corrected chi connectivity index (χ1v) is 11.7. The Balaban J connectivity index is 1.66. The molecule has 0 aliphatic carbocycles. The molecule has 2 aromatic heterocycles. The fourth-order valence-electron chi connectivity index (χ4n) is 4.14. The molecule has 4 rings (SSSR count). The molecule has 202 valence electrons. The number of carbonyl (C=O) groups is 1. The molecule has 39 heavy (non-hydrogen) atoms. The number of ether oxygens (including phenoxy) is 1. The van der Waals surface area contributed by atoms with E-state index in [1.54, 1.807) is 38.1 Å². The van der Waals surface area contributed by atoms with Crippen LogP contribution in [0.1, 0.15) is 46.7 Å². The van der Waals surface area contributed by atoms with Crippen molar-refractivity contribution in [1.82, 2.24) is 9.97 Å². The van der Waals surface area contributed by atoms with E-state index >= 15 is 0 Å². The van der Waals surface area contributed by atoms with Crippen LogP contribution in [0, 0.1) is 13.8 Å². The lowest BCUT2D eigenvalue weighted by molar-refractivity contribution is -0.145. The Hall–Kier alpha value is -4.21. The van der Waals surface area contributed by atoms with Crippen LogP contribution in [0.15, 0.2) is 72.8 Å². The highest BCUT2D eigenvalue weighted by atomic mass is 19.4.